The fourth-order valence-corrected chi connectivity index (χ4v) is 4.35. The summed E-state index contributed by atoms with van der Waals surface area (Å²) < 4.78 is 7.49. The van der Waals surface area contributed by atoms with Crippen molar-refractivity contribution in [3.63, 3.8) is 0 Å². The summed E-state index contributed by atoms with van der Waals surface area (Å²) in [4.78, 5) is 15.8. The Kier molecular flexibility index (Phi) is 8.58. The molecule has 1 saturated heterocycles. The summed E-state index contributed by atoms with van der Waals surface area (Å²) in [6.45, 7) is 10.2. The maximum Gasteiger partial charge on any atom is 0.268 e. The van der Waals surface area contributed by atoms with Gasteiger partial charge in [-0.05, 0) is 82.8 Å². The van der Waals surface area contributed by atoms with E-state index in [1.54, 1.807) is 10.7 Å². The van der Waals surface area contributed by atoms with Crippen molar-refractivity contribution in [1.82, 2.24) is 14.7 Å². The van der Waals surface area contributed by atoms with Crippen LogP contribution in [0.3, 0.4) is 0 Å². The van der Waals surface area contributed by atoms with E-state index in [-0.39, 0.29) is 11.6 Å². The van der Waals surface area contributed by atoms with E-state index in [9.17, 15) is 4.79 Å². The van der Waals surface area contributed by atoms with Gasteiger partial charge in [0.1, 0.15) is 11.4 Å². The molecule has 0 unspecified atom stereocenters. The number of rotatable bonds is 9. The Balaban J connectivity index is 1.67. The molecule has 0 saturated carbocycles. The highest BCUT2D eigenvalue weighted by atomic mass is 32.2. The van der Waals surface area contributed by atoms with Gasteiger partial charge in [0.05, 0.1) is 12.6 Å². The van der Waals surface area contributed by atoms with Crippen LogP contribution < -0.4 is 10.3 Å². The third kappa shape index (κ3) is 6.22. The fourth-order valence-electron chi connectivity index (χ4n) is 3.62. The number of hydrogen-bond acceptors (Lipinski definition) is 5. The number of benzene rings is 1. The van der Waals surface area contributed by atoms with Gasteiger partial charge in [-0.25, -0.2) is 4.68 Å². The predicted octanol–water partition coefficient (Wildman–Crippen LogP) is 5.37. The van der Waals surface area contributed by atoms with Crippen molar-refractivity contribution in [2.75, 3.05) is 26.2 Å². The van der Waals surface area contributed by atoms with E-state index in [2.05, 4.69) is 10.00 Å². The van der Waals surface area contributed by atoms with Crippen LogP contribution in [-0.4, -0.2) is 40.9 Å². The second-order valence-electron chi connectivity index (χ2n) is 7.95. The lowest BCUT2D eigenvalue weighted by atomic mass is 10.1. The third-order valence-corrected chi connectivity index (χ3v) is 6.18. The normalized spacial score (nSPS) is 15.2. The Morgan fingerprint density at radius 1 is 1.17 bits per heavy atom. The van der Waals surface area contributed by atoms with Gasteiger partial charge in [0, 0.05) is 23.1 Å². The second-order valence-corrected chi connectivity index (χ2v) is 8.90. The van der Waals surface area contributed by atoms with E-state index in [1.165, 1.54) is 44.1 Å². The highest BCUT2D eigenvalue weighted by Crippen LogP contribution is 2.30. The average molecular weight is 428 g/mol. The molecule has 5 nitrogen and oxygen atoms in total. The van der Waals surface area contributed by atoms with Crippen molar-refractivity contribution in [1.29, 1.82) is 0 Å². The van der Waals surface area contributed by atoms with Gasteiger partial charge >= 0.3 is 0 Å². The Hall–Kier alpha value is -2.05. The summed E-state index contributed by atoms with van der Waals surface area (Å²) in [5, 5.41) is 6.63. The highest BCUT2D eigenvalue weighted by Gasteiger charge is 2.13. The van der Waals surface area contributed by atoms with Crippen LogP contribution in [0.1, 0.15) is 52.5 Å². The zero-order valence-corrected chi connectivity index (χ0v) is 19.2. The molecule has 162 valence electrons. The second kappa shape index (κ2) is 11.4. The lowest BCUT2D eigenvalue weighted by molar-refractivity contribution is 0.205. The van der Waals surface area contributed by atoms with E-state index >= 15 is 0 Å². The minimum Gasteiger partial charge on any atom is -0.494 e. The standard InChI is InChI=1S/C24H33N3O2S/c1-4-17-30-22-18-23(28)27(19(2)3)25-24(22)20-9-11-21(12-10-20)29-16-8-15-26-13-6-5-7-14-26/h4,9-12,17-19H,5-8,13-16H2,1-3H3/b17-4-. The molecule has 0 bridgehead atoms. The van der Waals surface area contributed by atoms with Gasteiger partial charge in [-0.2, -0.15) is 5.10 Å². The van der Waals surface area contributed by atoms with E-state index in [4.69, 9.17) is 4.74 Å². The molecule has 1 aliphatic rings. The SMILES string of the molecule is C/C=C\Sc1cc(=O)n(C(C)C)nc1-c1ccc(OCCCN2CCCCC2)cc1. The zero-order valence-electron chi connectivity index (χ0n) is 18.3. The summed E-state index contributed by atoms with van der Waals surface area (Å²) >= 11 is 1.52. The molecule has 1 aromatic carbocycles. The first-order chi connectivity index (χ1) is 14.6. The number of piperidine rings is 1. The lowest BCUT2D eigenvalue weighted by Gasteiger charge is -2.26. The Morgan fingerprint density at radius 2 is 1.90 bits per heavy atom. The Bertz CT molecular complexity index is 884. The van der Waals surface area contributed by atoms with Crippen molar-refractivity contribution in [3.05, 3.63) is 52.2 Å². The smallest absolute Gasteiger partial charge is 0.268 e. The average Bonchev–Trinajstić information content (AvgIpc) is 2.76. The fraction of sp³-hybridized carbons (Fsp3) is 0.500. The molecule has 2 aromatic rings. The van der Waals surface area contributed by atoms with Crippen LogP contribution in [-0.2, 0) is 0 Å². The van der Waals surface area contributed by atoms with Gasteiger partial charge < -0.3 is 9.64 Å². The number of aromatic nitrogens is 2. The van der Waals surface area contributed by atoms with Crippen molar-refractivity contribution in [2.24, 2.45) is 0 Å². The quantitative estimate of drug-likeness (QED) is 0.398. The maximum atomic E-state index is 12.4. The van der Waals surface area contributed by atoms with Crippen LogP contribution >= 0.6 is 11.8 Å². The van der Waals surface area contributed by atoms with Crippen molar-refractivity contribution >= 4 is 11.8 Å². The van der Waals surface area contributed by atoms with E-state index in [0.29, 0.717) is 0 Å². The van der Waals surface area contributed by atoms with Gasteiger partial charge in [0.15, 0.2) is 0 Å². The van der Waals surface area contributed by atoms with Crippen LogP contribution in [0.4, 0.5) is 0 Å². The highest BCUT2D eigenvalue weighted by molar-refractivity contribution is 8.02. The maximum absolute atomic E-state index is 12.4. The number of thioether (sulfide) groups is 1. The molecule has 1 aromatic heterocycles. The lowest BCUT2D eigenvalue weighted by Crippen LogP contribution is -2.31. The van der Waals surface area contributed by atoms with Crippen LogP contribution in [0.2, 0.25) is 0 Å². The summed E-state index contributed by atoms with van der Waals surface area (Å²) in [7, 11) is 0. The van der Waals surface area contributed by atoms with E-state index in [1.807, 2.05) is 56.5 Å². The first kappa shape index (κ1) is 22.6. The topological polar surface area (TPSA) is 47.4 Å². The molecular formula is C24H33N3O2S. The molecule has 0 spiro atoms. The minimum absolute atomic E-state index is 0.0135. The van der Waals surface area contributed by atoms with E-state index < -0.39 is 0 Å². The third-order valence-electron chi connectivity index (χ3n) is 5.21. The van der Waals surface area contributed by atoms with Crippen LogP contribution in [0, 0.1) is 0 Å². The molecule has 30 heavy (non-hydrogen) atoms. The summed E-state index contributed by atoms with van der Waals surface area (Å²) in [6.07, 6.45) is 7.04. The molecule has 6 heteroatoms. The molecule has 3 rings (SSSR count). The van der Waals surface area contributed by atoms with Crippen LogP contribution in [0.15, 0.2) is 51.5 Å². The molecule has 1 aliphatic heterocycles. The zero-order chi connectivity index (χ0) is 21.3. The van der Waals surface area contributed by atoms with Crippen molar-refractivity contribution in [3.8, 4) is 17.0 Å². The van der Waals surface area contributed by atoms with Gasteiger partial charge in [0.25, 0.3) is 5.56 Å². The number of ether oxygens (including phenoxy) is 1. The van der Waals surface area contributed by atoms with Crippen molar-refractivity contribution in [2.45, 2.75) is 57.4 Å². The molecule has 1 fully saturated rings. The van der Waals surface area contributed by atoms with Crippen LogP contribution in [0.25, 0.3) is 11.3 Å². The monoisotopic (exact) mass is 427 g/mol. The van der Waals surface area contributed by atoms with Crippen molar-refractivity contribution < 1.29 is 4.74 Å². The molecule has 2 heterocycles. The molecule has 0 atom stereocenters. The Morgan fingerprint density at radius 3 is 2.57 bits per heavy atom. The van der Waals surface area contributed by atoms with Gasteiger partial charge in [-0.15, -0.1) is 0 Å². The number of allylic oxidation sites excluding steroid dienone is 1. The number of hydrogen-bond donors (Lipinski definition) is 0. The summed E-state index contributed by atoms with van der Waals surface area (Å²) in [5.74, 6) is 0.872. The first-order valence-electron chi connectivity index (χ1n) is 11.0. The molecular weight excluding hydrogens is 394 g/mol. The first-order valence-corrected chi connectivity index (χ1v) is 11.8. The summed E-state index contributed by atoms with van der Waals surface area (Å²) in [5.41, 5.74) is 1.73. The van der Waals surface area contributed by atoms with Gasteiger partial charge in [-0.1, -0.05) is 24.3 Å². The molecule has 0 radical (unpaired) electrons. The number of nitrogens with zero attached hydrogens (tertiary/aromatic N) is 3. The van der Waals surface area contributed by atoms with Gasteiger partial charge in [-0.3, -0.25) is 4.79 Å². The molecule has 0 amide bonds. The predicted molar refractivity (Wildman–Crippen MR) is 125 cm³/mol. The molecule has 0 aliphatic carbocycles. The van der Waals surface area contributed by atoms with E-state index in [0.717, 1.165) is 41.5 Å². The van der Waals surface area contributed by atoms with Crippen LogP contribution in [0.5, 0.6) is 5.75 Å². The minimum atomic E-state index is -0.0746. The summed E-state index contributed by atoms with van der Waals surface area (Å²) in [6, 6.07) is 9.73. The molecule has 0 N–H and O–H groups in total. The van der Waals surface area contributed by atoms with Gasteiger partial charge in [0.2, 0.25) is 0 Å². The largest absolute Gasteiger partial charge is 0.494 e. The number of likely N-dealkylation sites (tertiary alicyclic amines) is 1. The Labute approximate surface area is 184 Å².